The van der Waals surface area contributed by atoms with Gasteiger partial charge in [-0.15, -0.1) is 0 Å². The van der Waals surface area contributed by atoms with Gasteiger partial charge in [-0.1, -0.05) is 12.7 Å². The molecule has 0 atom stereocenters. The van der Waals surface area contributed by atoms with Gasteiger partial charge in [0.1, 0.15) is 0 Å². The molecular formula is C5H7NO. The van der Waals surface area contributed by atoms with E-state index >= 15 is 0 Å². The molecule has 0 unspecified atom stereocenters. The van der Waals surface area contributed by atoms with Gasteiger partial charge in [-0.05, 0) is 6.08 Å². The summed E-state index contributed by atoms with van der Waals surface area (Å²) in [6.07, 6.45) is 5.31. The molecule has 1 amide bonds. The Morgan fingerprint density at radius 2 is 2.29 bits per heavy atom. The van der Waals surface area contributed by atoms with Crippen LogP contribution in [-0.4, -0.2) is 6.41 Å². The van der Waals surface area contributed by atoms with Crippen LogP contribution in [0.25, 0.3) is 0 Å². The number of allylic oxidation sites excluding steroid dienone is 2. The monoisotopic (exact) mass is 97.1 g/mol. The van der Waals surface area contributed by atoms with Crippen LogP contribution in [0.2, 0.25) is 0 Å². The van der Waals surface area contributed by atoms with Gasteiger partial charge in [0.25, 0.3) is 0 Å². The van der Waals surface area contributed by atoms with Crippen LogP contribution < -0.4 is 5.32 Å². The Balaban J connectivity index is 3.08. The average Bonchev–Trinajstić information content (AvgIpc) is 1.69. The van der Waals surface area contributed by atoms with Crippen molar-refractivity contribution in [3.8, 4) is 0 Å². The number of nitrogens with one attached hydrogen (secondary N) is 1. The van der Waals surface area contributed by atoms with Crippen LogP contribution in [0.1, 0.15) is 0 Å². The van der Waals surface area contributed by atoms with Gasteiger partial charge in [0.05, 0.1) is 0 Å². The molecule has 0 aromatic rings. The number of amides is 1. The molecule has 2 heteroatoms. The van der Waals surface area contributed by atoms with Gasteiger partial charge in [0, 0.05) is 6.20 Å². The van der Waals surface area contributed by atoms with Gasteiger partial charge < -0.3 is 5.32 Å². The minimum atomic E-state index is 0.597. The van der Waals surface area contributed by atoms with Crippen molar-refractivity contribution >= 4 is 6.41 Å². The van der Waals surface area contributed by atoms with Crippen LogP contribution in [0.15, 0.2) is 24.9 Å². The predicted octanol–water partition coefficient (Wildman–Crippen LogP) is 0.432. The first kappa shape index (κ1) is 5.95. The summed E-state index contributed by atoms with van der Waals surface area (Å²) in [5.74, 6) is 0. The van der Waals surface area contributed by atoms with Crippen molar-refractivity contribution in [2.75, 3.05) is 0 Å². The lowest BCUT2D eigenvalue weighted by Gasteiger charge is -1.75. The molecule has 38 valence electrons. The minimum Gasteiger partial charge on any atom is -0.335 e. The average molecular weight is 97.1 g/mol. The summed E-state index contributed by atoms with van der Waals surface area (Å²) >= 11 is 0. The normalized spacial score (nSPS) is 8.57. The quantitative estimate of drug-likeness (QED) is 0.401. The molecule has 0 aliphatic heterocycles. The maximum absolute atomic E-state index is 9.48. The molecule has 0 bridgehead atoms. The third-order valence-electron chi connectivity index (χ3n) is 0.397. The zero-order valence-electron chi connectivity index (χ0n) is 3.92. The third-order valence-corrected chi connectivity index (χ3v) is 0.397. The van der Waals surface area contributed by atoms with E-state index in [9.17, 15) is 4.79 Å². The highest BCUT2D eigenvalue weighted by atomic mass is 16.1. The Labute approximate surface area is 42.5 Å². The molecule has 0 spiro atoms. The fourth-order valence-corrected chi connectivity index (χ4v) is 0.163. The largest absolute Gasteiger partial charge is 0.335 e. The van der Waals surface area contributed by atoms with Crippen molar-refractivity contribution in [2.45, 2.75) is 0 Å². The molecule has 2 nitrogen and oxygen atoms in total. The summed E-state index contributed by atoms with van der Waals surface area (Å²) in [5, 5.41) is 2.32. The van der Waals surface area contributed by atoms with Crippen LogP contribution >= 0.6 is 0 Å². The van der Waals surface area contributed by atoms with E-state index in [0.29, 0.717) is 6.41 Å². The summed E-state index contributed by atoms with van der Waals surface area (Å²) in [5.41, 5.74) is 0. The summed E-state index contributed by atoms with van der Waals surface area (Å²) in [4.78, 5) is 9.48. The molecule has 0 heterocycles. The summed E-state index contributed by atoms with van der Waals surface area (Å²) in [6, 6.07) is 0. The Bertz CT molecular complexity index is 86.1. The van der Waals surface area contributed by atoms with Crippen LogP contribution in [0.5, 0.6) is 0 Å². The van der Waals surface area contributed by atoms with Crippen molar-refractivity contribution in [2.24, 2.45) is 0 Å². The maximum Gasteiger partial charge on any atom is 0.211 e. The van der Waals surface area contributed by atoms with Gasteiger partial charge >= 0.3 is 0 Å². The van der Waals surface area contributed by atoms with E-state index < -0.39 is 0 Å². The maximum atomic E-state index is 9.48. The van der Waals surface area contributed by atoms with Crippen molar-refractivity contribution in [1.82, 2.24) is 5.32 Å². The van der Waals surface area contributed by atoms with E-state index in [-0.39, 0.29) is 0 Å². The molecule has 0 aromatic carbocycles. The summed E-state index contributed by atoms with van der Waals surface area (Å²) in [6.45, 7) is 3.39. The number of hydrogen-bond acceptors (Lipinski definition) is 1. The fourth-order valence-electron chi connectivity index (χ4n) is 0.163. The second-order valence-electron chi connectivity index (χ2n) is 0.879. The first-order valence-electron chi connectivity index (χ1n) is 1.89. The molecule has 0 saturated carbocycles. The zero-order valence-corrected chi connectivity index (χ0v) is 3.92. The Morgan fingerprint density at radius 1 is 1.57 bits per heavy atom. The molecule has 0 aliphatic rings. The molecule has 0 saturated heterocycles. The van der Waals surface area contributed by atoms with Crippen molar-refractivity contribution in [1.29, 1.82) is 0 Å². The lowest BCUT2D eigenvalue weighted by molar-refractivity contribution is -0.108. The van der Waals surface area contributed by atoms with Crippen LogP contribution in [0.3, 0.4) is 0 Å². The topological polar surface area (TPSA) is 29.1 Å². The Morgan fingerprint density at radius 3 is 2.71 bits per heavy atom. The molecule has 0 rings (SSSR count). The van der Waals surface area contributed by atoms with Crippen LogP contribution in [0.4, 0.5) is 0 Å². The molecule has 0 aliphatic carbocycles. The lowest BCUT2D eigenvalue weighted by Crippen LogP contribution is -1.97. The molecular weight excluding hydrogens is 90.1 g/mol. The Kier molecular flexibility index (Phi) is 4.21. The smallest absolute Gasteiger partial charge is 0.211 e. The number of carbonyl (C=O) groups is 1. The van der Waals surface area contributed by atoms with E-state index in [2.05, 4.69) is 11.9 Å². The second kappa shape index (κ2) is 4.95. The van der Waals surface area contributed by atoms with Crippen molar-refractivity contribution in [3.05, 3.63) is 24.9 Å². The van der Waals surface area contributed by atoms with E-state index in [0.717, 1.165) is 0 Å². The second-order valence-corrected chi connectivity index (χ2v) is 0.879. The fraction of sp³-hybridized carbons (Fsp3) is 0. The van der Waals surface area contributed by atoms with E-state index in [1.54, 1.807) is 12.2 Å². The zero-order chi connectivity index (χ0) is 5.54. The lowest BCUT2D eigenvalue weighted by atomic mass is 10.6. The summed E-state index contributed by atoms with van der Waals surface area (Å²) < 4.78 is 0. The first-order chi connectivity index (χ1) is 3.41. The molecule has 0 radical (unpaired) electrons. The van der Waals surface area contributed by atoms with Crippen LogP contribution in [0, 0.1) is 0 Å². The molecule has 0 aromatic heterocycles. The third kappa shape index (κ3) is 4.95. The first-order valence-corrected chi connectivity index (χ1v) is 1.89. The highest BCUT2D eigenvalue weighted by Gasteiger charge is 1.58. The van der Waals surface area contributed by atoms with Gasteiger partial charge in [-0.3, -0.25) is 4.79 Å². The van der Waals surface area contributed by atoms with E-state index in [4.69, 9.17) is 0 Å². The molecule has 7 heavy (non-hydrogen) atoms. The van der Waals surface area contributed by atoms with E-state index in [1.807, 2.05) is 0 Å². The molecule has 1 N–H and O–H groups in total. The number of hydrogen-bond donors (Lipinski definition) is 1. The molecule has 0 fully saturated rings. The van der Waals surface area contributed by atoms with Crippen molar-refractivity contribution in [3.63, 3.8) is 0 Å². The van der Waals surface area contributed by atoms with Crippen LogP contribution in [-0.2, 0) is 4.79 Å². The number of rotatable bonds is 3. The van der Waals surface area contributed by atoms with Crippen molar-refractivity contribution < 1.29 is 4.79 Å². The SMILES string of the molecule is C=CC=CNC=O. The standard InChI is InChI=1S/C5H7NO/c1-2-3-4-6-5-7/h2-5H,1H2,(H,6,7). The minimum absolute atomic E-state index is 0.597. The summed E-state index contributed by atoms with van der Waals surface area (Å²) in [7, 11) is 0. The van der Waals surface area contributed by atoms with Gasteiger partial charge in [0.2, 0.25) is 6.41 Å². The Hall–Kier alpha value is -1.05. The highest BCUT2D eigenvalue weighted by molar-refractivity contribution is 5.47. The van der Waals surface area contributed by atoms with E-state index in [1.165, 1.54) is 6.20 Å². The van der Waals surface area contributed by atoms with Gasteiger partial charge in [0.15, 0.2) is 0 Å². The van der Waals surface area contributed by atoms with Gasteiger partial charge in [-0.25, -0.2) is 0 Å². The predicted molar refractivity (Wildman–Crippen MR) is 28.5 cm³/mol. The highest BCUT2D eigenvalue weighted by Crippen LogP contribution is 1.62. The van der Waals surface area contributed by atoms with Gasteiger partial charge in [-0.2, -0.15) is 0 Å². The number of carbonyl (C=O) groups excluding carboxylic acids is 1.